The average molecular weight is 378 g/mol. The molecule has 1 aromatic rings. The van der Waals surface area contributed by atoms with Crippen LogP contribution in [0.15, 0.2) is 35.3 Å². The Kier molecular flexibility index (Phi) is 6.22. The van der Waals surface area contributed by atoms with Gasteiger partial charge < -0.3 is 10.6 Å². The van der Waals surface area contributed by atoms with E-state index in [0.717, 1.165) is 25.5 Å². The van der Waals surface area contributed by atoms with Gasteiger partial charge in [-0.05, 0) is 37.7 Å². The lowest BCUT2D eigenvalue weighted by molar-refractivity contribution is 0.452. The van der Waals surface area contributed by atoms with E-state index in [1.807, 2.05) is 0 Å². The first-order valence-electron chi connectivity index (χ1n) is 9.81. The maximum atomic E-state index is 11.6. The molecule has 0 bridgehead atoms. The van der Waals surface area contributed by atoms with Crippen molar-refractivity contribution < 1.29 is 8.42 Å². The summed E-state index contributed by atoms with van der Waals surface area (Å²) in [6.45, 7) is 4.30. The number of hydrogen-bond donors (Lipinski definition) is 2. The van der Waals surface area contributed by atoms with Crippen LogP contribution in [-0.2, 0) is 15.3 Å². The second kappa shape index (κ2) is 8.42. The second-order valence-electron chi connectivity index (χ2n) is 7.70. The van der Waals surface area contributed by atoms with Gasteiger partial charge in [0.1, 0.15) is 0 Å². The molecule has 1 saturated heterocycles. The number of nitrogens with zero attached hydrogens (tertiary/aromatic N) is 1. The van der Waals surface area contributed by atoms with Crippen molar-refractivity contribution in [2.24, 2.45) is 10.9 Å². The highest BCUT2D eigenvalue weighted by Gasteiger charge is 2.35. The Balaban J connectivity index is 1.66. The monoisotopic (exact) mass is 377 g/mol. The molecule has 2 fully saturated rings. The second-order valence-corrected chi connectivity index (χ2v) is 9.93. The normalized spacial score (nSPS) is 24.5. The zero-order chi connectivity index (χ0) is 18.5. The van der Waals surface area contributed by atoms with Crippen LogP contribution in [0.4, 0.5) is 0 Å². The third-order valence-corrected chi connectivity index (χ3v) is 7.55. The van der Waals surface area contributed by atoms with E-state index in [0.29, 0.717) is 18.1 Å². The van der Waals surface area contributed by atoms with Gasteiger partial charge in [-0.15, -0.1) is 0 Å². The lowest BCUT2D eigenvalue weighted by atomic mass is 9.79. The number of aliphatic imine (C=N–C) groups is 1. The Hall–Kier alpha value is -1.56. The summed E-state index contributed by atoms with van der Waals surface area (Å²) >= 11 is 0. The minimum absolute atomic E-state index is 0.139. The molecule has 0 radical (unpaired) electrons. The van der Waals surface area contributed by atoms with Crippen LogP contribution < -0.4 is 10.6 Å². The molecule has 1 aliphatic carbocycles. The van der Waals surface area contributed by atoms with Crippen LogP contribution in [0.3, 0.4) is 0 Å². The summed E-state index contributed by atoms with van der Waals surface area (Å²) in [6, 6.07) is 10.7. The fourth-order valence-electron chi connectivity index (χ4n) is 4.23. The van der Waals surface area contributed by atoms with Crippen molar-refractivity contribution in [1.82, 2.24) is 10.6 Å². The van der Waals surface area contributed by atoms with Crippen molar-refractivity contribution in [2.75, 3.05) is 31.1 Å². The summed E-state index contributed by atoms with van der Waals surface area (Å²) < 4.78 is 23.3. The summed E-state index contributed by atoms with van der Waals surface area (Å²) in [5.74, 6) is 1.62. The van der Waals surface area contributed by atoms with Gasteiger partial charge in [-0.1, -0.05) is 43.2 Å². The van der Waals surface area contributed by atoms with E-state index in [4.69, 9.17) is 4.99 Å². The van der Waals surface area contributed by atoms with Crippen molar-refractivity contribution >= 4 is 15.8 Å². The Bertz CT molecular complexity index is 710. The van der Waals surface area contributed by atoms with Crippen LogP contribution in [-0.4, -0.2) is 45.5 Å². The molecule has 1 aromatic carbocycles. The van der Waals surface area contributed by atoms with Crippen molar-refractivity contribution in [3.63, 3.8) is 0 Å². The number of sulfone groups is 1. The van der Waals surface area contributed by atoms with E-state index in [1.165, 1.54) is 31.2 Å². The van der Waals surface area contributed by atoms with Crippen molar-refractivity contribution in [3.05, 3.63) is 35.9 Å². The highest BCUT2D eigenvalue weighted by Crippen LogP contribution is 2.41. The molecule has 3 rings (SSSR count). The zero-order valence-electron chi connectivity index (χ0n) is 15.7. The van der Waals surface area contributed by atoms with Crippen LogP contribution in [0.1, 0.15) is 44.6 Å². The summed E-state index contributed by atoms with van der Waals surface area (Å²) in [7, 11) is -2.83. The first-order chi connectivity index (χ1) is 12.5. The summed E-state index contributed by atoms with van der Waals surface area (Å²) in [5, 5.41) is 6.68. The minimum Gasteiger partial charge on any atom is -0.357 e. The fraction of sp³-hybridized carbons (Fsp3) is 0.650. The number of benzene rings is 1. The van der Waals surface area contributed by atoms with Gasteiger partial charge in [-0.25, -0.2) is 8.42 Å². The molecule has 1 aliphatic heterocycles. The maximum Gasteiger partial charge on any atom is 0.191 e. The highest BCUT2D eigenvalue weighted by atomic mass is 32.2. The van der Waals surface area contributed by atoms with Crippen LogP contribution in [0, 0.1) is 5.92 Å². The molecule has 0 spiro atoms. The molecule has 144 valence electrons. The van der Waals surface area contributed by atoms with Crippen LogP contribution in [0.2, 0.25) is 0 Å². The molecule has 6 heteroatoms. The minimum atomic E-state index is -2.83. The molecule has 5 nitrogen and oxygen atoms in total. The SMILES string of the molecule is CCNC(=NCC1(c2ccccc2)CCCC1)NCC1CCS(=O)(=O)C1. The Labute approximate surface area is 157 Å². The van der Waals surface area contributed by atoms with Gasteiger partial charge in [0.25, 0.3) is 0 Å². The van der Waals surface area contributed by atoms with Crippen LogP contribution >= 0.6 is 0 Å². The predicted octanol–water partition coefficient (Wildman–Crippen LogP) is 2.49. The molecule has 1 atom stereocenters. The van der Waals surface area contributed by atoms with Crippen molar-refractivity contribution in [2.45, 2.75) is 44.4 Å². The summed E-state index contributed by atoms with van der Waals surface area (Å²) in [6.07, 6.45) is 5.63. The molecule has 0 aromatic heterocycles. The lowest BCUT2D eigenvalue weighted by Gasteiger charge is -2.28. The van der Waals surface area contributed by atoms with E-state index >= 15 is 0 Å². The lowest BCUT2D eigenvalue weighted by Crippen LogP contribution is -2.41. The molecule has 2 aliphatic rings. The number of rotatable bonds is 6. The molecule has 2 N–H and O–H groups in total. The van der Waals surface area contributed by atoms with Crippen LogP contribution in [0.5, 0.6) is 0 Å². The van der Waals surface area contributed by atoms with Gasteiger partial charge in [-0.3, -0.25) is 4.99 Å². The number of nitrogens with one attached hydrogen (secondary N) is 2. The third-order valence-electron chi connectivity index (χ3n) is 5.72. The van der Waals surface area contributed by atoms with Gasteiger partial charge in [0.05, 0.1) is 18.1 Å². The van der Waals surface area contributed by atoms with Gasteiger partial charge >= 0.3 is 0 Å². The largest absolute Gasteiger partial charge is 0.357 e. The van der Waals surface area contributed by atoms with E-state index in [-0.39, 0.29) is 11.3 Å². The first-order valence-corrected chi connectivity index (χ1v) is 11.6. The van der Waals surface area contributed by atoms with Crippen molar-refractivity contribution in [1.29, 1.82) is 0 Å². The summed E-state index contributed by atoms with van der Waals surface area (Å²) in [4.78, 5) is 4.89. The van der Waals surface area contributed by atoms with E-state index in [2.05, 4.69) is 47.9 Å². The molecule has 0 amide bonds. The van der Waals surface area contributed by atoms with Crippen molar-refractivity contribution in [3.8, 4) is 0 Å². The summed E-state index contributed by atoms with van der Waals surface area (Å²) in [5.41, 5.74) is 1.53. The molecule has 1 heterocycles. The average Bonchev–Trinajstić information content (AvgIpc) is 3.25. The van der Waals surface area contributed by atoms with Gasteiger partial charge in [0, 0.05) is 18.5 Å². The smallest absolute Gasteiger partial charge is 0.191 e. The van der Waals surface area contributed by atoms with E-state index in [1.54, 1.807) is 0 Å². The van der Waals surface area contributed by atoms with E-state index < -0.39 is 9.84 Å². The van der Waals surface area contributed by atoms with Gasteiger partial charge in [0.2, 0.25) is 0 Å². The molecule has 1 saturated carbocycles. The predicted molar refractivity (Wildman–Crippen MR) is 107 cm³/mol. The highest BCUT2D eigenvalue weighted by molar-refractivity contribution is 7.91. The number of hydrogen-bond acceptors (Lipinski definition) is 3. The zero-order valence-corrected chi connectivity index (χ0v) is 16.5. The van der Waals surface area contributed by atoms with E-state index in [9.17, 15) is 8.42 Å². The quantitative estimate of drug-likeness (QED) is 0.590. The maximum absolute atomic E-state index is 11.6. The molecule has 26 heavy (non-hydrogen) atoms. The number of guanidine groups is 1. The first kappa shape index (κ1) is 19.2. The molecular formula is C20H31N3O2S. The van der Waals surface area contributed by atoms with Gasteiger partial charge in [0.15, 0.2) is 15.8 Å². The standard InChI is InChI=1S/C20H31N3O2S/c1-2-21-19(22-14-17-10-13-26(24,25)15-17)23-16-20(11-6-7-12-20)18-8-4-3-5-9-18/h3-5,8-9,17H,2,6-7,10-16H2,1H3,(H2,21,22,23). The Morgan fingerprint density at radius 1 is 1.19 bits per heavy atom. The van der Waals surface area contributed by atoms with Crippen LogP contribution in [0.25, 0.3) is 0 Å². The fourth-order valence-corrected chi connectivity index (χ4v) is 6.09. The molecular weight excluding hydrogens is 346 g/mol. The Morgan fingerprint density at radius 2 is 1.92 bits per heavy atom. The van der Waals surface area contributed by atoms with Gasteiger partial charge in [-0.2, -0.15) is 0 Å². The third kappa shape index (κ3) is 4.78. The molecule has 1 unspecified atom stereocenters. The topological polar surface area (TPSA) is 70.6 Å². The Morgan fingerprint density at radius 3 is 2.54 bits per heavy atom.